The lowest BCUT2D eigenvalue weighted by Crippen LogP contribution is -2.60. The van der Waals surface area contributed by atoms with Crippen molar-refractivity contribution in [1.82, 2.24) is 0 Å². The Morgan fingerprint density at radius 2 is 1.07 bits per heavy atom. The Morgan fingerprint density at radius 3 is 1.65 bits per heavy atom. The smallest absolute Gasteiger partial charge is 0.306 e. The van der Waals surface area contributed by atoms with Crippen LogP contribution in [0, 0.1) is 0 Å². The van der Waals surface area contributed by atoms with E-state index >= 15 is 0 Å². The number of esters is 2. The minimum Gasteiger partial charge on any atom is -0.462 e. The quantitative estimate of drug-likeness (QED) is 0.0204. The zero-order chi connectivity index (χ0) is 42.0. The van der Waals surface area contributed by atoms with Crippen molar-refractivity contribution in [2.24, 2.45) is 0 Å². The number of hydrogen-bond donors (Lipinski definition) is 4. The molecule has 4 N–H and O–H groups in total. The lowest BCUT2D eigenvalue weighted by Gasteiger charge is -2.40. The number of rotatable bonds is 36. The van der Waals surface area contributed by atoms with Crippen molar-refractivity contribution in [2.45, 2.75) is 211 Å². The summed E-state index contributed by atoms with van der Waals surface area (Å²) in [5, 5.41) is 30.8. The third-order valence-electron chi connectivity index (χ3n) is 9.94. The molecule has 1 heterocycles. The SMILES string of the molecule is CCCC/C=C/C/C=C/CCCCCCCC(=O)O[C@H](COC(=O)CCCC/C=C/CCCCCCCCCCC)CO[C@H]1O[C@H](CS(=O)(=O)O)[C@@H](O)C(O)C1O. The average molecular weight is 831 g/mol. The normalized spacial score (nSPS) is 20.8. The lowest BCUT2D eigenvalue weighted by molar-refractivity contribution is -0.297. The van der Waals surface area contributed by atoms with Crippen molar-refractivity contribution < 1.29 is 56.8 Å². The molecule has 2 unspecified atom stereocenters. The summed E-state index contributed by atoms with van der Waals surface area (Å²) in [5.41, 5.74) is 0. The summed E-state index contributed by atoms with van der Waals surface area (Å²) in [6.07, 6.45) is 29.1. The number of aliphatic hydroxyl groups is 3. The zero-order valence-electron chi connectivity index (χ0n) is 35.2. The molecule has 1 saturated heterocycles. The fraction of sp³-hybridized carbons (Fsp3) is 0.818. The standard InChI is InChI=1S/C44H78O12S/c1-3-5-7-9-11-13-15-17-19-21-22-24-26-28-30-32-39(45)53-34-37(35-54-44-43(49)42(48)41(47)38(56-44)36-57(50,51)52)55-40(46)33-31-29-27-25-23-20-18-16-14-12-10-8-6-4-2/h10,12,16,18,22,24,37-38,41-44,47-49H,3-9,11,13-15,17,19-21,23,25-36H2,1-2H3,(H,50,51,52)/b12-10+,18-16+,24-22+/t37-,38-,41-,42?,43?,44+/m1/s1. The fourth-order valence-electron chi connectivity index (χ4n) is 6.45. The van der Waals surface area contributed by atoms with Gasteiger partial charge in [-0.25, -0.2) is 0 Å². The van der Waals surface area contributed by atoms with Crippen molar-refractivity contribution in [2.75, 3.05) is 19.0 Å². The third kappa shape index (κ3) is 29.7. The third-order valence-corrected chi connectivity index (χ3v) is 10.7. The summed E-state index contributed by atoms with van der Waals surface area (Å²) in [4.78, 5) is 25.3. The van der Waals surface area contributed by atoms with E-state index in [0.29, 0.717) is 12.8 Å². The second-order valence-corrected chi connectivity index (χ2v) is 16.9. The lowest BCUT2D eigenvalue weighted by atomic mass is 10.00. The van der Waals surface area contributed by atoms with Crippen LogP contribution in [0.3, 0.4) is 0 Å². The molecule has 0 bridgehead atoms. The van der Waals surface area contributed by atoms with Gasteiger partial charge in [-0.3, -0.25) is 14.1 Å². The monoisotopic (exact) mass is 831 g/mol. The molecule has 0 aliphatic carbocycles. The van der Waals surface area contributed by atoms with Crippen LogP contribution in [0.2, 0.25) is 0 Å². The van der Waals surface area contributed by atoms with E-state index in [1.54, 1.807) is 0 Å². The molecule has 1 fully saturated rings. The molecule has 13 heteroatoms. The molecule has 1 aliphatic rings. The first kappa shape index (κ1) is 52.9. The molecular formula is C44H78O12S. The number of ether oxygens (including phenoxy) is 4. The Hall–Kier alpha value is -2.13. The summed E-state index contributed by atoms with van der Waals surface area (Å²) in [7, 11) is -4.60. The van der Waals surface area contributed by atoms with Crippen molar-refractivity contribution in [1.29, 1.82) is 0 Å². The molecule has 0 spiro atoms. The summed E-state index contributed by atoms with van der Waals surface area (Å²) < 4.78 is 54.0. The first-order chi connectivity index (χ1) is 27.5. The molecule has 0 amide bonds. The molecule has 0 aromatic carbocycles. The number of aliphatic hydroxyl groups excluding tert-OH is 3. The second-order valence-electron chi connectivity index (χ2n) is 15.4. The molecule has 0 aromatic rings. The van der Waals surface area contributed by atoms with Gasteiger partial charge in [-0.15, -0.1) is 0 Å². The van der Waals surface area contributed by atoms with Crippen LogP contribution in [-0.4, -0.2) is 96.0 Å². The van der Waals surface area contributed by atoms with Gasteiger partial charge in [0.25, 0.3) is 10.1 Å². The molecular weight excluding hydrogens is 753 g/mol. The topological polar surface area (TPSA) is 186 Å². The first-order valence-electron chi connectivity index (χ1n) is 22.0. The number of carbonyl (C=O) groups excluding carboxylic acids is 2. The number of carbonyl (C=O) groups is 2. The van der Waals surface area contributed by atoms with Gasteiger partial charge in [-0.2, -0.15) is 8.42 Å². The van der Waals surface area contributed by atoms with Crippen molar-refractivity contribution >= 4 is 22.1 Å². The van der Waals surface area contributed by atoms with Crippen LogP contribution in [0.15, 0.2) is 36.5 Å². The number of unbranched alkanes of at least 4 members (excludes halogenated alkanes) is 18. The van der Waals surface area contributed by atoms with Crippen LogP contribution in [0.5, 0.6) is 0 Å². The van der Waals surface area contributed by atoms with Crippen LogP contribution in [-0.2, 0) is 38.7 Å². The fourth-order valence-corrected chi connectivity index (χ4v) is 7.14. The van der Waals surface area contributed by atoms with Crippen LogP contribution >= 0.6 is 0 Å². The van der Waals surface area contributed by atoms with Crippen LogP contribution < -0.4 is 0 Å². The van der Waals surface area contributed by atoms with E-state index in [1.807, 2.05) is 0 Å². The number of hydrogen-bond acceptors (Lipinski definition) is 11. The Morgan fingerprint density at radius 1 is 0.596 bits per heavy atom. The minimum atomic E-state index is -4.60. The average Bonchev–Trinajstić information content (AvgIpc) is 3.17. The van der Waals surface area contributed by atoms with Gasteiger partial charge in [0.15, 0.2) is 12.4 Å². The van der Waals surface area contributed by atoms with Gasteiger partial charge in [-0.05, 0) is 64.2 Å². The Labute approximate surface area is 344 Å². The Balaban J connectivity index is 2.49. The Kier molecular flexibility index (Phi) is 32.2. The first-order valence-corrected chi connectivity index (χ1v) is 23.7. The molecule has 0 saturated carbocycles. The van der Waals surface area contributed by atoms with E-state index in [-0.39, 0.29) is 19.4 Å². The summed E-state index contributed by atoms with van der Waals surface area (Å²) in [6, 6.07) is 0. The molecule has 1 aliphatic heterocycles. The predicted molar refractivity (Wildman–Crippen MR) is 224 cm³/mol. The van der Waals surface area contributed by atoms with E-state index in [2.05, 4.69) is 50.3 Å². The summed E-state index contributed by atoms with van der Waals surface area (Å²) in [6.45, 7) is 3.68. The van der Waals surface area contributed by atoms with Gasteiger partial charge in [-0.1, -0.05) is 134 Å². The van der Waals surface area contributed by atoms with Crippen molar-refractivity contribution in [3.05, 3.63) is 36.5 Å². The molecule has 1 rings (SSSR count). The van der Waals surface area contributed by atoms with Crippen LogP contribution in [0.4, 0.5) is 0 Å². The largest absolute Gasteiger partial charge is 0.462 e. The van der Waals surface area contributed by atoms with E-state index < -0.39 is 71.2 Å². The molecule has 57 heavy (non-hydrogen) atoms. The van der Waals surface area contributed by atoms with Crippen molar-refractivity contribution in [3.8, 4) is 0 Å². The minimum absolute atomic E-state index is 0.144. The molecule has 0 aromatic heterocycles. The van der Waals surface area contributed by atoms with E-state index in [1.165, 1.54) is 70.6 Å². The molecule has 12 nitrogen and oxygen atoms in total. The van der Waals surface area contributed by atoms with E-state index in [4.69, 9.17) is 18.9 Å². The second kappa shape index (κ2) is 34.7. The maximum absolute atomic E-state index is 12.8. The zero-order valence-corrected chi connectivity index (χ0v) is 36.0. The maximum Gasteiger partial charge on any atom is 0.306 e. The van der Waals surface area contributed by atoms with Gasteiger partial charge in [0.1, 0.15) is 36.8 Å². The van der Waals surface area contributed by atoms with Gasteiger partial charge in [0.05, 0.1) is 6.61 Å². The molecule has 6 atom stereocenters. The van der Waals surface area contributed by atoms with Crippen molar-refractivity contribution in [3.63, 3.8) is 0 Å². The molecule has 332 valence electrons. The highest BCUT2D eigenvalue weighted by atomic mass is 32.2. The summed E-state index contributed by atoms with van der Waals surface area (Å²) >= 11 is 0. The summed E-state index contributed by atoms with van der Waals surface area (Å²) in [5.74, 6) is -2.03. The van der Waals surface area contributed by atoms with Gasteiger partial charge < -0.3 is 34.3 Å². The van der Waals surface area contributed by atoms with Gasteiger partial charge in [0.2, 0.25) is 0 Å². The maximum atomic E-state index is 12.8. The number of allylic oxidation sites excluding steroid dienone is 6. The highest BCUT2D eigenvalue weighted by molar-refractivity contribution is 7.85. The van der Waals surface area contributed by atoms with E-state index in [0.717, 1.165) is 64.2 Å². The van der Waals surface area contributed by atoms with Gasteiger partial charge in [0, 0.05) is 12.8 Å². The van der Waals surface area contributed by atoms with Crippen LogP contribution in [0.1, 0.15) is 174 Å². The van der Waals surface area contributed by atoms with Crippen LogP contribution in [0.25, 0.3) is 0 Å². The highest BCUT2D eigenvalue weighted by Crippen LogP contribution is 2.24. The van der Waals surface area contributed by atoms with Gasteiger partial charge >= 0.3 is 11.9 Å². The Bertz CT molecular complexity index is 1200. The predicted octanol–water partition coefficient (Wildman–Crippen LogP) is 8.61. The highest BCUT2D eigenvalue weighted by Gasteiger charge is 2.46. The molecule has 0 radical (unpaired) electrons. The van der Waals surface area contributed by atoms with E-state index in [9.17, 15) is 37.9 Å².